The van der Waals surface area contributed by atoms with E-state index in [-0.39, 0.29) is 16.0 Å². The molecule has 0 spiro atoms. The molecule has 1 atom stereocenters. The summed E-state index contributed by atoms with van der Waals surface area (Å²) in [6, 6.07) is 17.9. The second kappa shape index (κ2) is 9.50. The average molecular weight is 454 g/mol. The maximum absolute atomic E-state index is 12.9. The number of aromatic nitrogens is 2. The number of nitrogens with zero attached hydrogens (tertiary/aromatic N) is 3. The van der Waals surface area contributed by atoms with Crippen LogP contribution in [0.4, 0.5) is 0 Å². The molecule has 0 fully saturated rings. The third kappa shape index (κ3) is 5.43. The van der Waals surface area contributed by atoms with Gasteiger partial charge in [-0.3, -0.25) is 0 Å². The molecule has 160 valence electrons. The highest BCUT2D eigenvalue weighted by Crippen LogP contribution is 2.33. The lowest BCUT2D eigenvalue weighted by Gasteiger charge is -2.17. The van der Waals surface area contributed by atoms with Crippen LogP contribution in [0.15, 0.2) is 64.6 Å². The van der Waals surface area contributed by atoms with E-state index in [9.17, 15) is 13.7 Å². The minimum absolute atomic E-state index is 0.0376. The molecule has 31 heavy (non-hydrogen) atoms. The second-order valence-electron chi connectivity index (χ2n) is 7.31. The lowest BCUT2D eigenvalue weighted by molar-refractivity contribution is 0.467. The molecule has 2 aromatic carbocycles. The van der Waals surface area contributed by atoms with Gasteiger partial charge in [0, 0.05) is 10.8 Å². The van der Waals surface area contributed by atoms with E-state index in [1.807, 2.05) is 51.1 Å². The van der Waals surface area contributed by atoms with E-state index >= 15 is 0 Å². The molecule has 6 nitrogen and oxygen atoms in total. The van der Waals surface area contributed by atoms with Crippen LogP contribution < -0.4 is 4.18 Å². The third-order valence-corrected chi connectivity index (χ3v) is 6.58. The molecule has 0 aliphatic heterocycles. The minimum atomic E-state index is -4.09. The Balaban J connectivity index is 2.10. The highest BCUT2D eigenvalue weighted by atomic mass is 32.2. The molecule has 0 bridgehead atoms. The van der Waals surface area contributed by atoms with Crippen molar-refractivity contribution >= 4 is 21.9 Å². The first-order valence-corrected chi connectivity index (χ1v) is 12.0. The van der Waals surface area contributed by atoms with Crippen LogP contribution in [-0.2, 0) is 10.1 Å². The topological polar surface area (TPSA) is 92.9 Å². The highest BCUT2D eigenvalue weighted by Gasteiger charge is 2.26. The number of benzene rings is 2. The fourth-order valence-electron chi connectivity index (χ4n) is 2.91. The van der Waals surface area contributed by atoms with Crippen molar-refractivity contribution < 1.29 is 12.6 Å². The van der Waals surface area contributed by atoms with Crippen molar-refractivity contribution in [2.45, 2.75) is 48.9 Å². The molecule has 0 aliphatic rings. The number of aryl methyl sites for hydroxylation is 1. The van der Waals surface area contributed by atoms with Crippen LogP contribution in [0.1, 0.15) is 42.1 Å². The van der Waals surface area contributed by atoms with E-state index in [4.69, 9.17) is 4.18 Å². The van der Waals surface area contributed by atoms with Crippen LogP contribution in [0.3, 0.4) is 0 Å². The first-order valence-electron chi connectivity index (χ1n) is 9.72. The van der Waals surface area contributed by atoms with Gasteiger partial charge in [0.25, 0.3) is 0 Å². The Morgan fingerprint density at radius 2 is 1.65 bits per heavy atom. The summed E-state index contributed by atoms with van der Waals surface area (Å²) in [5, 5.41) is 10.4. The number of hydrogen-bond donors (Lipinski definition) is 0. The summed E-state index contributed by atoms with van der Waals surface area (Å²) in [5.74, 6) is -0.745. The Hall–Kier alpha value is -2.89. The van der Waals surface area contributed by atoms with Crippen LogP contribution in [-0.4, -0.2) is 23.6 Å². The molecule has 3 rings (SSSR count). The zero-order valence-corrected chi connectivity index (χ0v) is 19.4. The van der Waals surface area contributed by atoms with Gasteiger partial charge < -0.3 is 4.18 Å². The van der Waals surface area contributed by atoms with E-state index in [2.05, 4.69) is 16.0 Å². The molecule has 0 saturated heterocycles. The lowest BCUT2D eigenvalue weighted by atomic mass is 9.94. The summed E-state index contributed by atoms with van der Waals surface area (Å²) in [7, 11) is -4.09. The monoisotopic (exact) mass is 453 g/mol. The largest absolute Gasteiger partial charge is 0.358 e. The maximum atomic E-state index is 12.9. The Morgan fingerprint density at radius 3 is 2.23 bits per heavy atom. The van der Waals surface area contributed by atoms with Gasteiger partial charge in [-0.2, -0.15) is 18.7 Å². The van der Waals surface area contributed by atoms with Crippen LogP contribution in [0.25, 0.3) is 0 Å². The van der Waals surface area contributed by atoms with Crippen molar-refractivity contribution in [3.63, 3.8) is 0 Å². The SMILES string of the molecule is Cc1ccc(S(=O)(=O)Oc2nc(SC(C)C)nc(C(C#N)c3ccccc3)c2C)cc1. The lowest BCUT2D eigenvalue weighted by Crippen LogP contribution is -2.15. The van der Waals surface area contributed by atoms with Gasteiger partial charge in [0.15, 0.2) is 5.16 Å². The normalized spacial score (nSPS) is 12.4. The molecule has 1 heterocycles. The van der Waals surface area contributed by atoms with Crippen molar-refractivity contribution in [3.05, 3.63) is 77.0 Å². The summed E-state index contributed by atoms with van der Waals surface area (Å²) in [6.45, 7) is 7.51. The highest BCUT2D eigenvalue weighted by molar-refractivity contribution is 7.99. The van der Waals surface area contributed by atoms with E-state index in [1.165, 1.54) is 23.9 Å². The third-order valence-electron chi connectivity index (χ3n) is 4.49. The number of hydrogen-bond acceptors (Lipinski definition) is 7. The van der Waals surface area contributed by atoms with Crippen LogP contribution in [0.5, 0.6) is 5.88 Å². The standard InChI is InChI=1S/C23H23N3O3S2/c1-15(2)30-23-25-21(20(14-24)18-8-6-5-7-9-18)17(4)22(26-23)29-31(27,28)19-12-10-16(3)11-13-19/h5-13,15,20H,1-4H3. The minimum Gasteiger partial charge on any atom is -0.358 e. The van der Waals surface area contributed by atoms with Gasteiger partial charge in [0.2, 0.25) is 5.88 Å². The quantitative estimate of drug-likeness (QED) is 0.282. The Morgan fingerprint density at radius 1 is 1.00 bits per heavy atom. The van der Waals surface area contributed by atoms with Crippen LogP contribution in [0, 0.1) is 25.2 Å². The van der Waals surface area contributed by atoms with Crippen molar-refractivity contribution in [1.29, 1.82) is 5.26 Å². The molecule has 0 amide bonds. The van der Waals surface area contributed by atoms with Gasteiger partial charge in [0.1, 0.15) is 10.8 Å². The Kier molecular flexibility index (Phi) is 6.98. The summed E-state index contributed by atoms with van der Waals surface area (Å²) in [4.78, 5) is 8.98. The van der Waals surface area contributed by atoms with E-state index in [0.29, 0.717) is 16.4 Å². The second-order valence-corrected chi connectivity index (χ2v) is 10.4. The summed E-state index contributed by atoms with van der Waals surface area (Å²) >= 11 is 1.38. The molecule has 0 N–H and O–H groups in total. The summed E-state index contributed by atoms with van der Waals surface area (Å²) in [5.41, 5.74) is 2.55. The van der Waals surface area contributed by atoms with Crippen LogP contribution in [0.2, 0.25) is 0 Å². The average Bonchev–Trinajstić information content (AvgIpc) is 2.72. The van der Waals surface area contributed by atoms with Crippen molar-refractivity contribution in [2.75, 3.05) is 0 Å². The predicted octanol–water partition coefficient (Wildman–Crippen LogP) is 5.02. The molecule has 0 radical (unpaired) electrons. The van der Waals surface area contributed by atoms with E-state index in [0.717, 1.165) is 11.1 Å². The zero-order chi connectivity index (χ0) is 22.6. The Labute approximate surface area is 187 Å². The van der Waals surface area contributed by atoms with Gasteiger partial charge in [0.05, 0.1) is 11.8 Å². The van der Waals surface area contributed by atoms with Crippen LogP contribution >= 0.6 is 11.8 Å². The Bertz CT molecular complexity index is 1200. The number of rotatable bonds is 7. The molecule has 3 aromatic rings. The van der Waals surface area contributed by atoms with Crippen molar-refractivity contribution in [1.82, 2.24) is 9.97 Å². The van der Waals surface area contributed by atoms with Gasteiger partial charge in [-0.25, -0.2) is 4.98 Å². The smallest absolute Gasteiger partial charge is 0.340 e. The maximum Gasteiger partial charge on any atom is 0.340 e. The van der Waals surface area contributed by atoms with Gasteiger partial charge >= 0.3 is 10.1 Å². The van der Waals surface area contributed by atoms with E-state index < -0.39 is 16.0 Å². The summed E-state index contributed by atoms with van der Waals surface area (Å²) < 4.78 is 31.2. The van der Waals surface area contributed by atoms with Gasteiger partial charge in [-0.05, 0) is 31.5 Å². The molecule has 1 aromatic heterocycles. The van der Waals surface area contributed by atoms with Gasteiger partial charge in [-0.1, -0.05) is 73.6 Å². The number of thioether (sulfide) groups is 1. The summed E-state index contributed by atoms with van der Waals surface area (Å²) in [6.07, 6.45) is 0. The predicted molar refractivity (Wildman–Crippen MR) is 121 cm³/mol. The molecular weight excluding hydrogens is 430 g/mol. The molecule has 0 saturated carbocycles. The molecule has 1 unspecified atom stereocenters. The fourth-order valence-corrected chi connectivity index (χ4v) is 4.56. The van der Waals surface area contributed by atoms with E-state index in [1.54, 1.807) is 19.1 Å². The van der Waals surface area contributed by atoms with Gasteiger partial charge in [-0.15, -0.1) is 0 Å². The molecular formula is C23H23N3O3S2. The first kappa shape index (κ1) is 22.8. The first-order chi connectivity index (χ1) is 14.7. The zero-order valence-electron chi connectivity index (χ0n) is 17.7. The molecule has 0 aliphatic carbocycles. The number of nitriles is 1. The fraction of sp³-hybridized carbons (Fsp3) is 0.261. The molecule has 8 heteroatoms. The van der Waals surface area contributed by atoms with Crippen molar-refractivity contribution in [2.24, 2.45) is 0 Å². The van der Waals surface area contributed by atoms with Crippen molar-refractivity contribution in [3.8, 4) is 11.9 Å².